The number of amides is 1. The van der Waals surface area contributed by atoms with E-state index in [0.717, 1.165) is 42.6 Å². The van der Waals surface area contributed by atoms with Crippen molar-refractivity contribution >= 4 is 45.2 Å². The van der Waals surface area contributed by atoms with Gasteiger partial charge in [-0.25, -0.2) is 4.98 Å². The molecule has 5 rings (SSSR count). The molecule has 0 saturated heterocycles. The molecule has 6 heteroatoms. The van der Waals surface area contributed by atoms with Crippen LogP contribution in [0.15, 0.2) is 53.6 Å². The van der Waals surface area contributed by atoms with Gasteiger partial charge in [0.15, 0.2) is 0 Å². The number of nitriles is 1. The van der Waals surface area contributed by atoms with Crippen LogP contribution in [-0.4, -0.2) is 20.7 Å². The van der Waals surface area contributed by atoms with Gasteiger partial charge >= 0.3 is 0 Å². The summed E-state index contributed by atoms with van der Waals surface area (Å²) in [5, 5.41) is 15.7. The van der Waals surface area contributed by atoms with Crippen LogP contribution in [0.1, 0.15) is 64.3 Å². The van der Waals surface area contributed by atoms with Crippen molar-refractivity contribution in [2.45, 2.75) is 77.1 Å². The zero-order valence-electron chi connectivity index (χ0n) is 23.0. The van der Waals surface area contributed by atoms with Crippen molar-refractivity contribution in [1.29, 1.82) is 5.26 Å². The highest BCUT2D eigenvalue weighted by molar-refractivity contribution is 8.00. The Morgan fingerprint density at radius 1 is 1.16 bits per heavy atom. The third-order valence-corrected chi connectivity index (χ3v) is 9.34. The van der Waals surface area contributed by atoms with Crippen molar-refractivity contribution in [2.75, 3.05) is 5.32 Å². The number of benzene rings is 2. The summed E-state index contributed by atoms with van der Waals surface area (Å²) in [6, 6.07) is 18.9. The van der Waals surface area contributed by atoms with Gasteiger partial charge in [0.25, 0.3) is 0 Å². The number of pyridine rings is 1. The topological polar surface area (TPSA) is 70.7 Å². The Labute approximate surface area is 229 Å². The van der Waals surface area contributed by atoms with Crippen molar-refractivity contribution in [2.24, 2.45) is 11.3 Å². The van der Waals surface area contributed by atoms with E-state index in [1.165, 1.54) is 33.7 Å². The number of hydrogen-bond acceptors (Lipinski definition) is 4. The van der Waals surface area contributed by atoms with Crippen LogP contribution >= 0.6 is 11.8 Å². The molecule has 1 N–H and O–H groups in total. The van der Waals surface area contributed by atoms with Gasteiger partial charge in [-0.15, -0.1) is 0 Å². The van der Waals surface area contributed by atoms with Gasteiger partial charge in [-0.05, 0) is 79.8 Å². The SMILES string of the molecule is CCC(Sc1nc2c(cc1C#N)CC(C(C)(C)C)CC2)C(=O)Nc1ccc2c(c1)c1ccccc1n2CC. The Morgan fingerprint density at radius 3 is 2.63 bits per heavy atom. The molecule has 1 amide bonds. The van der Waals surface area contributed by atoms with Crippen LogP contribution in [0.5, 0.6) is 0 Å². The summed E-state index contributed by atoms with van der Waals surface area (Å²) in [6.07, 6.45) is 3.63. The van der Waals surface area contributed by atoms with E-state index in [0.29, 0.717) is 22.9 Å². The fourth-order valence-corrected chi connectivity index (χ4v) is 6.70. The Hall–Kier alpha value is -3.30. The van der Waals surface area contributed by atoms with E-state index in [9.17, 15) is 10.1 Å². The lowest BCUT2D eigenvalue weighted by Crippen LogP contribution is -2.28. The second kappa shape index (κ2) is 10.5. The number of fused-ring (bicyclic) bond motifs is 4. The molecule has 0 aliphatic heterocycles. The largest absolute Gasteiger partial charge is 0.341 e. The molecular formula is C32H36N4OS. The summed E-state index contributed by atoms with van der Waals surface area (Å²) in [6.45, 7) is 11.9. The minimum Gasteiger partial charge on any atom is -0.341 e. The van der Waals surface area contributed by atoms with Crippen LogP contribution in [0.3, 0.4) is 0 Å². The van der Waals surface area contributed by atoms with Crippen LogP contribution in [0.4, 0.5) is 5.69 Å². The summed E-state index contributed by atoms with van der Waals surface area (Å²) in [5.74, 6) is 0.520. The van der Waals surface area contributed by atoms with Crippen molar-refractivity contribution < 1.29 is 4.79 Å². The summed E-state index contributed by atoms with van der Waals surface area (Å²) in [7, 11) is 0. The van der Waals surface area contributed by atoms with E-state index in [1.54, 1.807) is 0 Å². The smallest absolute Gasteiger partial charge is 0.237 e. The lowest BCUT2D eigenvalue weighted by atomic mass is 9.71. The predicted octanol–water partition coefficient (Wildman–Crippen LogP) is 7.74. The number of hydrogen-bond donors (Lipinski definition) is 1. The highest BCUT2D eigenvalue weighted by atomic mass is 32.2. The van der Waals surface area contributed by atoms with E-state index < -0.39 is 0 Å². The Bertz CT molecular complexity index is 1560. The van der Waals surface area contributed by atoms with Crippen LogP contribution in [0, 0.1) is 22.7 Å². The average molecular weight is 525 g/mol. The molecule has 0 fully saturated rings. The molecule has 196 valence electrons. The number of aromatic nitrogens is 2. The molecule has 0 spiro atoms. The molecule has 38 heavy (non-hydrogen) atoms. The normalized spacial score (nSPS) is 16.3. The molecule has 2 aromatic heterocycles. The van der Waals surface area contributed by atoms with E-state index in [4.69, 9.17) is 4.98 Å². The van der Waals surface area contributed by atoms with Crippen molar-refractivity contribution in [3.05, 3.63) is 65.4 Å². The quantitative estimate of drug-likeness (QED) is 0.262. The van der Waals surface area contributed by atoms with E-state index >= 15 is 0 Å². The number of thioether (sulfide) groups is 1. The molecule has 2 unspecified atom stereocenters. The number of nitrogens with one attached hydrogen (secondary N) is 1. The maximum absolute atomic E-state index is 13.4. The minimum absolute atomic E-state index is 0.0627. The van der Waals surface area contributed by atoms with E-state index in [-0.39, 0.29) is 16.6 Å². The van der Waals surface area contributed by atoms with Crippen LogP contribution in [-0.2, 0) is 24.2 Å². The second-order valence-corrected chi connectivity index (χ2v) is 12.6. The predicted molar refractivity (Wildman–Crippen MR) is 158 cm³/mol. The van der Waals surface area contributed by atoms with Crippen LogP contribution in [0.2, 0.25) is 0 Å². The minimum atomic E-state index is -0.341. The summed E-state index contributed by atoms with van der Waals surface area (Å²) in [4.78, 5) is 18.3. The van der Waals surface area contributed by atoms with E-state index in [2.05, 4.69) is 80.0 Å². The van der Waals surface area contributed by atoms with Crippen molar-refractivity contribution in [3.63, 3.8) is 0 Å². The number of aryl methyl sites for hydroxylation is 2. The van der Waals surface area contributed by atoms with Crippen molar-refractivity contribution in [1.82, 2.24) is 9.55 Å². The van der Waals surface area contributed by atoms with Crippen molar-refractivity contribution in [3.8, 4) is 6.07 Å². The molecule has 2 heterocycles. The zero-order valence-corrected chi connectivity index (χ0v) is 23.8. The fraction of sp³-hybridized carbons (Fsp3) is 0.406. The molecule has 2 aromatic carbocycles. The first-order valence-electron chi connectivity index (χ1n) is 13.6. The highest BCUT2D eigenvalue weighted by Gasteiger charge is 2.30. The van der Waals surface area contributed by atoms with Gasteiger partial charge in [-0.3, -0.25) is 4.79 Å². The molecular weight excluding hydrogens is 488 g/mol. The number of carbonyl (C=O) groups is 1. The van der Waals surface area contributed by atoms with E-state index in [1.807, 2.05) is 19.1 Å². The number of rotatable bonds is 6. The summed E-state index contributed by atoms with van der Waals surface area (Å²) < 4.78 is 2.30. The average Bonchev–Trinajstić information content (AvgIpc) is 3.23. The van der Waals surface area contributed by atoms with Gasteiger partial charge < -0.3 is 9.88 Å². The Morgan fingerprint density at radius 2 is 1.92 bits per heavy atom. The standard InChI is InChI=1S/C32H36N4OS/c1-6-29(38-31-21(19-33)16-20-17-22(32(3,4)5)12-14-26(20)35-31)30(37)34-23-13-15-28-25(18-23)24-10-8-9-11-27(24)36(28)7-2/h8-11,13,15-16,18,22,29H,6-7,12,14,17H2,1-5H3,(H,34,37). The summed E-state index contributed by atoms with van der Waals surface area (Å²) in [5.41, 5.74) is 6.23. The maximum atomic E-state index is 13.4. The fourth-order valence-electron chi connectivity index (χ4n) is 5.71. The molecule has 0 bridgehead atoms. The number of para-hydroxylation sites is 1. The lowest BCUT2D eigenvalue weighted by molar-refractivity contribution is -0.115. The molecule has 4 aromatic rings. The highest BCUT2D eigenvalue weighted by Crippen LogP contribution is 2.39. The lowest BCUT2D eigenvalue weighted by Gasteiger charge is -2.34. The summed E-state index contributed by atoms with van der Waals surface area (Å²) >= 11 is 1.41. The molecule has 0 radical (unpaired) electrons. The molecule has 1 aliphatic carbocycles. The first kappa shape index (κ1) is 26.3. The van der Waals surface area contributed by atoms with Gasteiger partial charge in [0.2, 0.25) is 5.91 Å². The molecule has 2 atom stereocenters. The van der Waals surface area contributed by atoms with Gasteiger partial charge in [0.05, 0.1) is 10.8 Å². The van der Waals surface area contributed by atoms with Crippen LogP contribution < -0.4 is 5.32 Å². The monoisotopic (exact) mass is 524 g/mol. The number of anilines is 1. The molecule has 1 aliphatic rings. The Balaban J connectivity index is 1.38. The third kappa shape index (κ3) is 4.92. The zero-order chi connectivity index (χ0) is 27.0. The first-order valence-corrected chi connectivity index (χ1v) is 14.5. The first-order chi connectivity index (χ1) is 18.2. The molecule has 0 saturated carbocycles. The van der Waals surface area contributed by atoms with Gasteiger partial charge in [-0.2, -0.15) is 5.26 Å². The number of carbonyl (C=O) groups excluding carboxylic acids is 1. The Kier molecular flexibility index (Phi) is 7.24. The molecule has 5 nitrogen and oxygen atoms in total. The number of nitrogens with zero attached hydrogens (tertiary/aromatic N) is 3. The van der Waals surface area contributed by atoms with Crippen LogP contribution in [0.25, 0.3) is 21.8 Å². The van der Waals surface area contributed by atoms with Gasteiger partial charge in [0.1, 0.15) is 11.1 Å². The maximum Gasteiger partial charge on any atom is 0.237 e. The third-order valence-electron chi connectivity index (χ3n) is 7.97. The van der Waals surface area contributed by atoms with Gasteiger partial charge in [-0.1, -0.05) is 57.7 Å². The second-order valence-electron chi connectivity index (χ2n) is 11.4. The van der Waals surface area contributed by atoms with Gasteiger partial charge in [0, 0.05) is 39.7 Å².